The predicted molar refractivity (Wildman–Crippen MR) is 122 cm³/mol. The van der Waals surface area contributed by atoms with Crippen molar-refractivity contribution < 1.29 is 9.59 Å². The normalized spacial score (nSPS) is 16.2. The number of amides is 2. The number of hydrogen-bond donors (Lipinski definition) is 3. The Hall–Kier alpha value is -1.59. The van der Waals surface area contributed by atoms with Gasteiger partial charge in [-0.1, -0.05) is 63.5 Å². The van der Waals surface area contributed by atoms with E-state index in [4.69, 9.17) is 5.73 Å². The molecule has 1 aliphatic rings. The minimum Gasteiger partial charge on any atom is -0.374 e. The van der Waals surface area contributed by atoms with Gasteiger partial charge in [-0.25, -0.2) is 0 Å². The molecule has 2 rings (SSSR count). The van der Waals surface area contributed by atoms with Gasteiger partial charge < -0.3 is 11.1 Å². The summed E-state index contributed by atoms with van der Waals surface area (Å²) in [5.41, 5.74) is 7.78. The van der Waals surface area contributed by atoms with Crippen molar-refractivity contribution in [2.45, 2.75) is 89.5 Å². The van der Waals surface area contributed by atoms with Gasteiger partial charge in [0.05, 0.1) is 0 Å². The number of anilines is 1. The van der Waals surface area contributed by atoms with Crippen LogP contribution in [0.2, 0.25) is 0 Å². The van der Waals surface area contributed by atoms with Crippen molar-refractivity contribution in [1.82, 2.24) is 5.32 Å². The number of imide groups is 1. The molecule has 29 heavy (non-hydrogen) atoms. The average molecular weight is 424 g/mol. The maximum absolute atomic E-state index is 11.8. The summed E-state index contributed by atoms with van der Waals surface area (Å²) in [6.07, 6.45) is 15.2. The third-order valence-corrected chi connectivity index (χ3v) is 5.45. The number of carbonyl (C=O) groups excluding carboxylic acids is 2. The van der Waals surface area contributed by atoms with Gasteiger partial charge in [-0.3, -0.25) is 14.9 Å². The molecule has 1 heterocycles. The van der Waals surface area contributed by atoms with Crippen LogP contribution in [-0.4, -0.2) is 24.4 Å². The number of aryl methyl sites for hydroxylation is 1. The average Bonchev–Trinajstić information content (AvgIpc) is 2.69. The summed E-state index contributed by atoms with van der Waals surface area (Å²) in [6.45, 7) is 0.832. The SMILES string of the molecule is Cl.NCCCCCCCCCCCCc1ccc(NC2CCC(=O)NC2=O)cc1. The molecule has 1 atom stereocenters. The van der Waals surface area contributed by atoms with Gasteiger partial charge in [-0.15, -0.1) is 12.4 Å². The van der Waals surface area contributed by atoms with Crippen LogP contribution in [-0.2, 0) is 16.0 Å². The largest absolute Gasteiger partial charge is 0.374 e. The lowest BCUT2D eigenvalue weighted by Gasteiger charge is -2.22. The summed E-state index contributed by atoms with van der Waals surface area (Å²) < 4.78 is 0. The number of nitrogens with one attached hydrogen (secondary N) is 2. The fourth-order valence-corrected chi connectivity index (χ4v) is 3.69. The highest BCUT2D eigenvalue weighted by atomic mass is 35.5. The molecule has 1 aromatic rings. The highest BCUT2D eigenvalue weighted by Gasteiger charge is 2.26. The van der Waals surface area contributed by atoms with Crippen molar-refractivity contribution in [2.24, 2.45) is 5.73 Å². The first-order chi connectivity index (χ1) is 13.7. The first-order valence-electron chi connectivity index (χ1n) is 11.1. The number of halogens is 1. The lowest BCUT2D eigenvalue weighted by Crippen LogP contribution is -2.47. The topological polar surface area (TPSA) is 84.2 Å². The van der Waals surface area contributed by atoms with Crippen LogP contribution in [0.15, 0.2) is 24.3 Å². The zero-order chi connectivity index (χ0) is 20.0. The van der Waals surface area contributed by atoms with Gasteiger partial charge in [-0.2, -0.15) is 0 Å². The van der Waals surface area contributed by atoms with Crippen molar-refractivity contribution in [2.75, 3.05) is 11.9 Å². The Kier molecular flexibility index (Phi) is 13.4. The van der Waals surface area contributed by atoms with Crippen LogP contribution in [0.1, 0.15) is 82.6 Å². The van der Waals surface area contributed by atoms with E-state index in [1.807, 2.05) is 12.1 Å². The fraction of sp³-hybridized carbons (Fsp3) is 0.652. The highest BCUT2D eigenvalue weighted by molar-refractivity contribution is 6.01. The summed E-state index contributed by atoms with van der Waals surface area (Å²) in [6, 6.07) is 8.02. The quantitative estimate of drug-likeness (QED) is 0.298. The van der Waals surface area contributed by atoms with Crippen LogP contribution in [0.3, 0.4) is 0 Å². The Morgan fingerprint density at radius 3 is 1.97 bits per heavy atom. The first kappa shape index (κ1) is 25.4. The van der Waals surface area contributed by atoms with E-state index < -0.39 is 0 Å². The molecule has 4 N–H and O–H groups in total. The van der Waals surface area contributed by atoms with Crippen molar-refractivity contribution >= 4 is 29.9 Å². The number of rotatable bonds is 14. The molecule has 2 amide bonds. The predicted octanol–water partition coefficient (Wildman–Crippen LogP) is 4.73. The number of piperidine rings is 1. The number of hydrogen-bond acceptors (Lipinski definition) is 4. The van der Waals surface area contributed by atoms with E-state index in [-0.39, 0.29) is 30.3 Å². The summed E-state index contributed by atoms with van der Waals surface area (Å²) in [4.78, 5) is 23.0. The van der Waals surface area contributed by atoms with Crippen LogP contribution in [0.25, 0.3) is 0 Å². The van der Waals surface area contributed by atoms with Crippen molar-refractivity contribution in [3.05, 3.63) is 29.8 Å². The lowest BCUT2D eigenvalue weighted by atomic mass is 10.0. The maximum atomic E-state index is 11.8. The Morgan fingerprint density at radius 2 is 1.41 bits per heavy atom. The molecule has 6 heteroatoms. The van der Waals surface area contributed by atoms with Crippen molar-refractivity contribution in [3.8, 4) is 0 Å². The van der Waals surface area contributed by atoms with Crippen LogP contribution < -0.4 is 16.4 Å². The van der Waals surface area contributed by atoms with Crippen LogP contribution in [0.5, 0.6) is 0 Å². The molecule has 0 bridgehead atoms. The molecule has 0 saturated carbocycles. The van der Waals surface area contributed by atoms with E-state index >= 15 is 0 Å². The Bertz CT molecular complexity index is 592. The second kappa shape index (κ2) is 15.3. The van der Waals surface area contributed by atoms with Gasteiger partial charge in [-0.05, 0) is 49.9 Å². The smallest absolute Gasteiger partial charge is 0.249 e. The molecule has 0 aromatic heterocycles. The molecule has 0 radical (unpaired) electrons. The Morgan fingerprint density at radius 1 is 0.862 bits per heavy atom. The second-order valence-electron chi connectivity index (χ2n) is 7.92. The highest BCUT2D eigenvalue weighted by Crippen LogP contribution is 2.17. The van der Waals surface area contributed by atoms with Crippen LogP contribution >= 0.6 is 12.4 Å². The van der Waals surface area contributed by atoms with Crippen molar-refractivity contribution in [3.63, 3.8) is 0 Å². The molecule has 1 aliphatic heterocycles. The number of unbranched alkanes of at least 4 members (excludes halogenated alkanes) is 9. The van der Waals surface area contributed by atoms with E-state index in [2.05, 4.69) is 22.8 Å². The fourth-order valence-electron chi connectivity index (χ4n) is 3.69. The Labute approximate surface area is 182 Å². The number of carbonyl (C=O) groups is 2. The third-order valence-electron chi connectivity index (χ3n) is 5.45. The zero-order valence-electron chi connectivity index (χ0n) is 17.6. The van der Waals surface area contributed by atoms with Gasteiger partial charge in [0.25, 0.3) is 0 Å². The maximum Gasteiger partial charge on any atom is 0.249 e. The van der Waals surface area contributed by atoms with Gasteiger partial charge in [0.1, 0.15) is 6.04 Å². The first-order valence-corrected chi connectivity index (χ1v) is 11.1. The molecular formula is C23H38ClN3O2. The van der Waals surface area contributed by atoms with E-state index in [9.17, 15) is 9.59 Å². The second-order valence-corrected chi connectivity index (χ2v) is 7.92. The van der Waals surface area contributed by atoms with E-state index in [1.54, 1.807) is 0 Å². The molecular weight excluding hydrogens is 386 g/mol. The molecule has 164 valence electrons. The number of benzene rings is 1. The summed E-state index contributed by atoms with van der Waals surface area (Å²) in [7, 11) is 0. The van der Waals surface area contributed by atoms with E-state index in [1.165, 1.54) is 69.8 Å². The Balaban J connectivity index is 0.00000420. The molecule has 1 saturated heterocycles. The van der Waals surface area contributed by atoms with Gasteiger partial charge >= 0.3 is 0 Å². The summed E-state index contributed by atoms with van der Waals surface area (Å²) in [5, 5.41) is 5.60. The number of nitrogens with two attached hydrogens (primary N) is 1. The monoisotopic (exact) mass is 423 g/mol. The van der Waals surface area contributed by atoms with Gasteiger partial charge in [0.15, 0.2) is 0 Å². The minimum absolute atomic E-state index is 0. The lowest BCUT2D eigenvalue weighted by molar-refractivity contribution is -0.133. The molecule has 0 aliphatic carbocycles. The minimum atomic E-state index is -0.316. The third kappa shape index (κ3) is 10.7. The van der Waals surface area contributed by atoms with Crippen molar-refractivity contribution in [1.29, 1.82) is 0 Å². The zero-order valence-corrected chi connectivity index (χ0v) is 18.4. The molecule has 1 aromatic carbocycles. The summed E-state index contributed by atoms with van der Waals surface area (Å²) >= 11 is 0. The molecule has 0 spiro atoms. The molecule has 5 nitrogen and oxygen atoms in total. The van der Waals surface area contributed by atoms with Gasteiger partial charge in [0, 0.05) is 12.1 Å². The van der Waals surface area contributed by atoms with E-state index in [0.29, 0.717) is 12.8 Å². The standard InChI is InChI=1S/C23H37N3O2.ClH/c24-18-10-8-6-4-2-1-3-5-7-9-11-19-12-14-20(15-13-19)25-21-16-17-22(27)26-23(21)28;/h12-15,21,25H,1-11,16-18,24H2,(H,26,27,28);1H. The van der Waals surface area contributed by atoms with Crippen LogP contribution in [0, 0.1) is 0 Å². The molecule has 1 unspecified atom stereocenters. The molecule has 1 fully saturated rings. The van der Waals surface area contributed by atoms with Gasteiger partial charge in [0.2, 0.25) is 11.8 Å². The summed E-state index contributed by atoms with van der Waals surface area (Å²) in [5.74, 6) is -0.406. The van der Waals surface area contributed by atoms with E-state index in [0.717, 1.165) is 18.7 Å². The van der Waals surface area contributed by atoms with Crippen LogP contribution in [0.4, 0.5) is 5.69 Å².